The zero-order chi connectivity index (χ0) is 13.5. The fourth-order valence-electron chi connectivity index (χ4n) is 0.645. The van der Waals surface area contributed by atoms with Crippen LogP contribution in [0.25, 0.3) is 0 Å². The summed E-state index contributed by atoms with van der Waals surface area (Å²) in [5, 5.41) is 3.25. The van der Waals surface area contributed by atoms with E-state index < -0.39 is 0 Å². The van der Waals surface area contributed by atoms with Crippen molar-refractivity contribution < 1.29 is 9.59 Å². The second-order valence-electron chi connectivity index (χ2n) is 4.14. The van der Waals surface area contributed by atoms with E-state index in [4.69, 9.17) is 0 Å². The lowest BCUT2D eigenvalue weighted by Gasteiger charge is -2.21. The highest BCUT2D eigenvalue weighted by Crippen LogP contribution is 1.90. The first-order valence-electron chi connectivity index (χ1n) is 5.19. The predicted octanol–water partition coefficient (Wildman–Crippen LogP) is 1.74. The number of Topliss-reactive ketones (excluding diaryl/α,β-unsaturated/α-hetero) is 1. The van der Waals surface area contributed by atoms with E-state index in [9.17, 15) is 9.59 Å². The summed E-state index contributed by atoms with van der Waals surface area (Å²) >= 11 is 0. The lowest BCUT2D eigenvalue weighted by molar-refractivity contribution is -0.139. The van der Waals surface area contributed by atoms with Crippen molar-refractivity contribution in [2.24, 2.45) is 0 Å². The van der Waals surface area contributed by atoms with Crippen molar-refractivity contribution in [2.75, 3.05) is 35.2 Å². The molecule has 1 atom stereocenters. The van der Waals surface area contributed by atoms with Crippen molar-refractivity contribution in [3.8, 4) is 0 Å². The number of amides is 1. The Bertz CT molecular complexity index is 204. The molecule has 0 aliphatic carbocycles. The molecule has 0 radical (unpaired) electrons. The number of hydrogen-bond donors (Lipinski definition) is 0. The SMILES string of the molecule is C.C.CC(=O)C(C)N(C)C.CC(=O)N(C)N(C)C. The molecule has 112 valence electrons. The van der Waals surface area contributed by atoms with Crippen molar-refractivity contribution in [3.63, 3.8) is 0 Å². The molecule has 0 fully saturated rings. The Kier molecular flexibility index (Phi) is 17.9. The Hall–Kier alpha value is -0.940. The number of carbonyl (C=O) groups is 2. The summed E-state index contributed by atoms with van der Waals surface area (Å²) in [4.78, 5) is 22.9. The monoisotopic (exact) mass is 263 g/mol. The maximum Gasteiger partial charge on any atom is 0.233 e. The van der Waals surface area contributed by atoms with Crippen molar-refractivity contribution in [2.45, 2.75) is 41.7 Å². The molecule has 0 aromatic rings. The van der Waals surface area contributed by atoms with E-state index in [1.165, 1.54) is 11.9 Å². The van der Waals surface area contributed by atoms with Crippen molar-refractivity contribution in [1.82, 2.24) is 14.9 Å². The highest BCUT2D eigenvalue weighted by molar-refractivity contribution is 5.80. The molecule has 0 N–H and O–H groups in total. The van der Waals surface area contributed by atoms with Crippen LogP contribution in [0.5, 0.6) is 0 Å². The van der Waals surface area contributed by atoms with E-state index in [0.717, 1.165) is 0 Å². The molecule has 0 aliphatic rings. The fourth-order valence-corrected chi connectivity index (χ4v) is 0.645. The number of hydrogen-bond acceptors (Lipinski definition) is 4. The van der Waals surface area contributed by atoms with Crippen LogP contribution in [0.3, 0.4) is 0 Å². The average Bonchev–Trinajstić information content (AvgIpc) is 2.15. The molecule has 0 bridgehead atoms. The maximum atomic E-state index is 10.5. The Morgan fingerprint density at radius 1 is 0.889 bits per heavy atom. The highest BCUT2D eigenvalue weighted by Gasteiger charge is 2.07. The van der Waals surface area contributed by atoms with Crippen molar-refractivity contribution in [3.05, 3.63) is 0 Å². The second-order valence-corrected chi connectivity index (χ2v) is 4.14. The standard InChI is InChI=1S/C6H13NO.C5H12N2O.2CH4/c1-5(6(2)8)7(3)4;1-5(8)7(4)6(2)3;;/h5H,1-4H3;1-4H3;2*1H4. The molecule has 0 spiro atoms. The normalized spacial score (nSPS) is 10.6. The largest absolute Gasteiger partial charge is 0.300 e. The minimum Gasteiger partial charge on any atom is -0.300 e. The second kappa shape index (κ2) is 12.5. The van der Waals surface area contributed by atoms with Gasteiger partial charge < -0.3 is 0 Å². The summed E-state index contributed by atoms with van der Waals surface area (Å²) in [6.45, 7) is 5.02. The van der Waals surface area contributed by atoms with Crippen LogP contribution in [-0.4, -0.2) is 67.9 Å². The Morgan fingerprint density at radius 3 is 1.22 bits per heavy atom. The van der Waals surface area contributed by atoms with Crippen LogP contribution in [0.2, 0.25) is 0 Å². The van der Waals surface area contributed by atoms with Gasteiger partial charge in [0.05, 0.1) is 6.04 Å². The summed E-state index contributed by atoms with van der Waals surface area (Å²) in [6.07, 6.45) is 0. The Balaban J connectivity index is -0.0000000980. The maximum absolute atomic E-state index is 10.5. The van der Waals surface area contributed by atoms with Gasteiger partial charge in [-0.2, -0.15) is 0 Å². The molecule has 1 unspecified atom stereocenters. The third-order valence-electron chi connectivity index (χ3n) is 2.42. The minimum absolute atomic E-state index is 0. The molecule has 0 aromatic carbocycles. The molecule has 0 saturated heterocycles. The van der Waals surface area contributed by atoms with Crippen LogP contribution < -0.4 is 0 Å². The highest BCUT2D eigenvalue weighted by atomic mass is 16.2. The van der Waals surface area contributed by atoms with Crippen molar-refractivity contribution >= 4 is 11.7 Å². The molecular weight excluding hydrogens is 230 g/mol. The summed E-state index contributed by atoms with van der Waals surface area (Å²) in [5.74, 6) is 0.269. The van der Waals surface area contributed by atoms with Gasteiger partial charge in [0.25, 0.3) is 0 Å². The van der Waals surface area contributed by atoms with Crippen LogP contribution in [-0.2, 0) is 9.59 Å². The first-order valence-corrected chi connectivity index (χ1v) is 5.19. The minimum atomic E-state index is 0. The van der Waals surface area contributed by atoms with Crippen LogP contribution in [0.4, 0.5) is 0 Å². The number of likely N-dealkylation sites (N-methyl/N-ethyl adjacent to an activating group) is 1. The molecule has 5 nitrogen and oxygen atoms in total. The van der Waals surface area contributed by atoms with Crippen LogP contribution >= 0.6 is 0 Å². The van der Waals surface area contributed by atoms with E-state index in [1.54, 1.807) is 19.0 Å². The zero-order valence-electron chi connectivity index (χ0n) is 11.7. The Labute approximate surface area is 114 Å². The molecule has 0 aliphatic heterocycles. The predicted molar refractivity (Wildman–Crippen MR) is 79.4 cm³/mol. The van der Waals surface area contributed by atoms with Gasteiger partial charge in [-0.1, -0.05) is 14.9 Å². The van der Waals surface area contributed by atoms with Gasteiger partial charge in [-0.3, -0.25) is 19.5 Å². The number of carbonyl (C=O) groups excluding carboxylic acids is 2. The van der Waals surface area contributed by atoms with Gasteiger partial charge in [-0.05, 0) is 27.9 Å². The quantitative estimate of drug-likeness (QED) is 0.728. The molecule has 1 amide bonds. The number of nitrogens with zero attached hydrogens (tertiary/aromatic N) is 3. The van der Waals surface area contributed by atoms with Gasteiger partial charge in [0.2, 0.25) is 5.91 Å². The Morgan fingerprint density at radius 2 is 1.22 bits per heavy atom. The first-order chi connectivity index (χ1) is 7.11. The molecule has 18 heavy (non-hydrogen) atoms. The summed E-state index contributed by atoms with van der Waals surface area (Å²) < 4.78 is 0. The van der Waals surface area contributed by atoms with Crippen LogP contribution in [0, 0.1) is 0 Å². The average molecular weight is 263 g/mol. The third-order valence-corrected chi connectivity index (χ3v) is 2.42. The molecule has 0 saturated carbocycles. The third kappa shape index (κ3) is 13.1. The number of ketones is 1. The summed E-state index contributed by atoms with van der Waals surface area (Å²) in [5.41, 5.74) is 0. The van der Waals surface area contributed by atoms with Gasteiger partial charge in [0.15, 0.2) is 0 Å². The number of hydrazine groups is 1. The lowest BCUT2D eigenvalue weighted by atomic mass is 10.2. The van der Waals surface area contributed by atoms with E-state index in [-0.39, 0.29) is 32.6 Å². The van der Waals surface area contributed by atoms with Crippen LogP contribution in [0.15, 0.2) is 0 Å². The summed E-state index contributed by atoms with van der Waals surface area (Å²) in [6, 6.07) is 0.0648. The molecule has 0 rings (SSSR count). The number of rotatable bonds is 3. The smallest absolute Gasteiger partial charge is 0.233 e. The van der Waals surface area contributed by atoms with E-state index >= 15 is 0 Å². The van der Waals surface area contributed by atoms with E-state index in [1.807, 2.05) is 40.0 Å². The van der Waals surface area contributed by atoms with Gasteiger partial charge in [-0.15, -0.1) is 0 Å². The van der Waals surface area contributed by atoms with Gasteiger partial charge in [-0.25, -0.2) is 5.01 Å². The lowest BCUT2D eigenvalue weighted by Crippen LogP contribution is -2.36. The van der Waals surface area contributed by atoms with E-state index in [0.29, 0.717) is 0 Å². The zero-order valence-corrected chi connectivity index (χ0v) is 11.7. The fraction of sp³-hybridized carbons (Fsp3) is 0.846. The van der Waals surface area contributed by atoms with Gasteiger partial charge >= 0.3 is 0 Å². The van der Waals surface area contributed by atoms with Gasteiger partial charge in [0, 0.05) is 28.1 Å². The molecule has 5 heteroatoms. The van der Waals surface area contributed by atoms with Crippen LogP contribution in [0.1, 0.15) is 35.6 Å². The van der Waals surface area contributed by atoms with Crippen molar-refractivity contribution in [1.29, 1.82) is 0 Å². The van der Waals surface area contributed by atoms with E-state index in [2.05, 4.69) is 0 Å². The molecular formula is C13H33N3O2. The molecule has 0 heterocycles. The summed E-state index contributed by atoms with van der Waals surface area (Å²) in [7, 11) is 9.16. The molecule has 0 aromatic heterocycles. The topological polar surface area (TPSA) is 43.9 Å². The first kappa shape index (κ1) is 25.8. The van der Waals surface area contributed by atoms with Gasteiger partial charge in [0.1, 0.15) is 5.78 Å².